The van der Waals surface area contributed by atoms with E-state index in [4.69, 9.17) is 5.73 Å². The summed E-state index contributed by atoms with van der Waals surface area (Å²) in [7, 11) is 0. The Morgan fingerprint density at radius 3 is 2.35 bits per heavy atom. The zero-order chi connectivity index (χ0) is 12.7. The Morgan fingerprint density at radius 1 is 1.12 bits per heavy atom. The number of hydrogen-bond donors (Lipinski definition) is 3. The molecule has 0 aromatic heterocycles. The first kappa shape index (κ1) is 12.9. The molecule has 0 atom stereocenters. The van der Waals surface area contributed by atoms with Gasteiger partial charge in [0.25, 0.3) is 5.91 Å². The minimum Gasteiger partial charge on any atom is -0.375 e. The largest absolute Gasteiger partial charge is 0.375 e. The van der Waals surface area contributed by atoms with Gasteiger partial charge in [-0.3, -0.25) is 20.4 Å². The van der Waals surface area contributed by atoms with Crippen LogP contribution in [0.15, 0.2) is 42.5 Å². The van der Waals surface area contributed by atoms with E-state index >= 15 is 0 Å². The fourth-order valence-electron chi connectivity index (χ4n) is 1.01. The minimum atomic E-state index is -0.512. The molecular weight excluding hydrogens is 238 g/mol. The van der Waals surface area contributed by atoms with Crippen molar-refractivity contribution in [3.05, 3.63) is 48.0 Å². The van der Waals surface area contributed by atoms with Crippen molar-refractivity contribution in [1.82, 2.24) is 10.9 Å². The number of amides is 1. The van der Waals surface area contributed by atoms with Gasteiger partial charge in [-0.05, 0) is 18.3 Å². The molecule has 0 saturated heterocycles. The van der Waals surface area contributed by atoms with Crippen LogP contribution in [0.4, 0.5) is 0 Å². The molecule has 0 aliphatic carbocycles. The van der Waals surface area contributed by atoms with E-state index in [2.05, 4.69) is 23.1 Å². The molecule has 1 rings (SSSR count). The van der Waals surface area contributed by atoms with Crippen molar-refractivity contribution in [3.8, 4) is 0 Å². The van der Waals surface area contributed by atoms with E-state index in [1.165, 1.54) is 6.08 Å². The van der Waals surface area contributed by atoms with E-state index in [9.17, 15) is 9.59 Å². The monoisotopic (exact) mass is 249 g/mol. The van der Waals surface area contributed by atoms with Crippen LogP contribution in [0.2, 0.25) is 0 Å². The molecule has 1 amide bonds. The minimum absolute atomic E-state index is 0.0545. The third-order valence-electron chi connectivity index (χ3n) is 1.75. The zero-order valence-electron chi connectivity index (χ0n) is 8.84. The highest BCUT2D eigenvalue weighted by Crippen LogP contribution is 2.00. The van der Waals surface area contributed by atoms with Gasteiger partial charge in [-0.2, -0.15) is 0 Å². The van der Waals surface area contributed by atoms with Crippen LogP contribution in [0.5, 0.6) is 0 Å². The molecule has 0 fully saturated rings. The van der Waals surface area contributed by atoms with Gasteiger partial charge >= 0.3 is 0 Å². The highest BCUT2D eigenvalue weighted by molar-refractivity contribution is 7.80. The summed E-state index contributed by atoms with van der Waals surface area (Å²) < 4.78 is 0. The summed E-state index contributed by atoms with van der Waals surface area (Å²) in [6, 6.07) is 8.63. The molecule has 6 heteroatoms. The second-order valence-corrected chi connectivity index (χ2v) is 3.48. The summed E-state index contributed by atoms with van der Waals surface area (Å²) in [4.78, 5) is 22.7. The second kappa shape index (κ2) is 6.39. The standard InChI is InChI=1S/C11H11N3O2S/c12-11(17)14-13-10(16)7-6-9(15)8-4-2-1-3-5-8/h1-7H,(H,13,16)(H3,12,14,17)/b7-6+. The van der Waals surface area contributed by atoms with Crippen molar-refractivity contribution < 1.29 is 9.59 Å². The van der Waals surface area contributed by atoms with Crippen LogP contribution in [0.1, 0.15) is 10.4 Å². The number of ketones is 1. The number of benzene rings is 1. The predicted molar refractivity (Wildman–Crippen MR) is 68.0 cm³/mol. The molecule has 1 aromatic carbocycles. The molecule has 0 aliphatic rings. The number of nitrogens with two attached hydrogens (primary N) is 1. The molecule has 0 aliphatic heterocycles. The predicted octanol–water partition coefficient (Wildman–Crippen LogP) is 0.290. The maximum absolute atomic E-state index is 11.5. The smallest absolute Gasteiger partial charge is 0.262 e. The van der Waals surface area contributed by atoms with Gasteiger partial charge in [0, 0.05) is 11.6 Å². The number of rotatable bonds is 3. The first-order chi connectivity index (χ1) is 8.09. The highest BCUT2D eigenvalue weighted by atomic mass is 32.1. The molecule has 0 radical (unpaired) electrons. The molecule has 0 bridgehead atoms. The van der Waals surface area contributed by atoms with Gasteiger partial charge in [0.05, 0.1) is 0 Å². The van der Waals surface area contributed by atoms with Crippen molar-refractivity contribution in [1.29, 1.82) is 0 Å². The lowest BCUT2D eigenvalue weighted by Gasteiger charge is -2.02. The molecule has 0 unspecified atom stereocenters. The van der Waals surface area contributed by atoms with Crippen molar-refractivity contribution in [2.75, 3.05) is 0 Å². The third-order valence-corrected chi connectivity index (χ3v) is 1.86. The average molecular weight is 249 g/mol. The third kappa shape index (κ3) is 4.89. The Morgan fingerprint density at radius 2 is 1.76 bits per heavy atom. The van der Waals surface area contributed by atoms with Crippen molar-refractivity contribution in [2.24, 2.45) is 5.73 Å². The molecule has 0 heterocycles. The first-order valence-electron chi connectivity index (χ1n) is 4.72. The van der Waals surface area contributed by atoms with E-state index in [-0.39, 0.29) is 10.9 Å². The van der Waals surface area contributed by atoms with Gasteiger partial charge in [-0.1, -0.05) is 30.3 Å². The first-order valence-corrected chi connectivity index (χ1v) is 5.13. The van der Waals surface area contributed by atoms with Crippen LogP contribution in [-0.4, -0.2) is 16.8 Å². The maximum Gasteiger partial charge on any atom is 0.262 e. The van der Waals surface area contributed by atoms with E-state index in [0.717, 1.165) is 6.08 Å². The Labute approximate surface area is 104 Å². The number of hydrogen-bond acceptors (Lipinski definition) is 3. The average Bonchev–Trinajstić information content (AvgIpc) is 2.34. The molecule has 0 saturated carbocycles. The van der Waals surface area contributed by atoms with Crippen LogP contribution in [0.25, 0.3) is 0 Å². The van der Waals surface area contributed by atoms with Gasteiger partial charge in [0.2, 0.25) is 0 Å². The number of hydrazine groups is 1. The Balaban J connectivity index is 2.51. The van der Waals surface area contributed by atoms with Gasteiger partial charge in [-0.25, -0.2) is 0 Å². The number of allylic oxidation sites excluding steroid dienone is 1. The maximum atomic E-state index is 11.5. The van der Waals surface area contributed by atoms with Crippen molar-refractivity contribution in [2.45, 2.75) is 0 Å². The topological polar surface area (TPSA) is 84.2 Å². The van der Waals surface area contributed by atoms with Crippen LogP contribution in [0.3, 0.4) is 0 Å². The van der Waals surface area contributed by atoms with Gasteiger partial charge in [-0.15, -0.1) is 0 Å². The van der Waals surface area contributed by atoms with Crippen molar-refractivity contribution >= 4 is 29.0 Å². The zero-order valence-corrected chi connectivity index (χ0v) is 9.66. The lowest BCUT2D eigenvalue weighted by molar-refractivity contribution is -0.117. The normalized spacial score (nSPS) is 9.88. The molecule has 0 spiro atoms. The number of nitrogens with one attached hydrogen (secondary N) is 2. The van der Waals surface area contributed by atoms with Gasteiger partial charge in [0.15, 0.2) is 10.9 Å². The molecule has 1 aromatic rings. The number of carbonyl (C=O) groups excluding carboxylic acids is 2. The van der Waals surface area contributed by atoms with E-state index in [1.54, 1.807) is 30.3 Å². The van der Waals surface area contributed by atoms with Gasteiger partial charge < -0.3 is 5.73 Å². The lowest BCUT2D eigenvalue weighted by atomic mass is 10.1. The van der Waals surface area contributed by atoms with E-state index in [1.807, 2.05) is 0 Å². The molecule has 17 heavy (non-hydrogen) atoms. The fourth-order valence-corrected chi connectivity index (χ4v) is 1.07. The second-order valence-electron chi connectivity index (χ2n) is 3.04. The fraction of sp³-hybridized carbons (Fsp3) is 0. The summed E-state index contributed by atoms with van der Waals surface area (Å²) >= 11 is 4.49. The lowest BCUT2D eigenvalue weighted by Crippen LogP contribution is -2.43. The van der Waals surface area contributed by atoms with E-state index < -0.39 is 5.91 Å². The van der Waals surface area contributed by atoms with Crippen molar-refractivity contribution in [3.63, 3.8) is 0 Å². The molecule has 4 N–H and O–H groups in total. The highest BCUT2D eigenvalue weighted by Gasteiger charge is 2.01. The molecular formula is C11H11N3O2S. The SMILES string of the molecule is NC(=S)NNC(=O)/C=C/C(=O)c1ccccc1. The summed E-state index contributed by atoms with van der Waals surface area (Å²) in [6.45, 7) is 0. The van der Waals surface area contributed by atoms with Crippen LogP contribution in [0, 0.1) is 0 Å². The van der Waals surface area contributed by atoms with Crippen LogP contribution in [-0.2, 0) is 4.79 Å². The summed E-state index contributed by atoms with van der Waals surface area (Å²) in [6.07, 6.45) is 2.27. The van der Waals surface area contributed by atoms with Crippen LogP contribution >= 0.6 is 12.2 Å². The Hall–Kier alpha value is -2.21. The van der Waals surface area contributed by atoms with E-state index in [0.29, 0.717) is 5.56 Å². The summed E-state index contributed by atoms with van der Waals surface area (Å²) in [5.74, 6) is -0.766. The summed E-state index contributed by atoms with van der Waals surface area (Å²) in [5.41, 5.74) is 10.1. The van der Waals surface area contributed by atoms with Gasteiger partial charge in [0.1, 0.15) is 0 Å². The number of thiocarbonyl (C=S) groups is 1. The molecule has 88 valence electrons. The quantitative estimate of drug-likeness (QED) is 0.310. The summed E-state index contributed by atoms with van der Waals surface area (Å²) in [5, 5.41) is -0.0545. The Bertz CT molecular complexity index is 457. The number of carbonyl (C=O) groups is 2. The van der Waals surface area contributed by atoms with Crippen LogP contribution < -0.4 is 16.6 Å². The Kier molecular flexibility index (Phi) is 4.83. The molecule has 5 nitrogen and oxygen atoms in total.